The Bertz CT molecular complexity index is 329. The SMILES string of the molecule is CCC(CC)N(C)C(=O)N[C@H](CCC(N)=O)C(=O)O. The molecular weight excluding hydrogens is 250 g/mol. The number of carboxylic acids is 1. The van der Waals surface area contributed by atoms with Crippen molar-refractivity contribution in [2.75, 3.05) is 7.05 Å². The fourth-order valence-electron chi connectivity index (χ4n) is 1.80. The number of hydrogen-bond donors (Lipinski definition) is 3. The van der Waals surface area contributed by atoms with E-state index in [1.54, 1.807) is 7.05 Å². The van der Waals surface area contributed by atoms with Gasteiger partial charge < -0.3 is 21.1 Å². The van der Waals surface area contributed by atoms with Crippen molar-refractivity contribution < 1.29 is 19.5 Å². The van der Waals surface area contributed by atoms with Gasteiger partial charge in [0.2, 0.25) is 5.91 Å². The molecule has 19 heavy (non-hydrogen) atoms. The second-order valence-electron chi connectivity index (χ2n) is 4.43. The first-order valence-electron chi connectivity index (χ1n) is 6.37. The van der Waals surface area contributed by atoms with Crippen molar-refractivity contribution in [3.8, 4) is 0 Å². The molecule has 0 aromatic heterocycles. The van der Waals surface area contributed by atoms with Gasteiger partial charge in [-0.2, -0.15) is 0 Å². The molecule has 0 aliphatic rings. The molecule has 0 heterocycles. The number of carbonyl (C=O) groups excluding carboxylic acids is 2. The largest absolute Gasteiger partial charge is 0.480 e. The Balaban J connectivity index is 4.53. The number of carbonyl (C=O) groups is 3. The van der Waals surface area contributed by atoms with Crippen molar-refractivity contribution in [2.45, 2.75) is 51.6 Å². The van der Waals surface area contributed by atoms with E-state index < -0.39 is 23.9 Å². The molecule has 4 N–H and O–H groups in total. The molecular formula is C12H23N3O4. The Labute approximate surface area is 113 Å². The molecule has 7 heteroatoms. The Morgan fingerprint density at radius 3 is 2.16 bits per heavy atom. The Morgan fingerprint density at radius 1 is 1.26 bits per heavy atom. The van der Waals surface area contributed by atoms with Crippen LogP contribution in [0.5, 0.6) is 0 Å². The van der Waals surface area contributed by atoms with Gasteiger partial charge in [-0.3, -0.25) is 4.79 Å². The minimum Gasteiger partial charge on any atom is -0.480 e. The summed E-state index contributed by atoms with van der Waals surface area (Å²) in [6.45, 7) is 3.92. The lowest BCUT2D eigenvalue weighted by atomic mass is 10.1. The Hall–Kier alpha value is -1.79. The highest BCUT2D eigenvalue weighted by Gasteiger charge is 2.24. The number of urea groups is 1. The van der Waals surface area contributed by atoms with Crippen molar-refractivity contribution >= 4 is 17.9 Å². The number of amides is 3. The first kappa shape index (κ1) is 17.2. The third-order valence-electron chi connectivity index (χ3n) is 3.09. The van der Waals surface area contributed by atoms with Crippen LogP contribution in [0, 0.1) is 0 Å². The first-order valence-corrected chi connectivity index (χ1v) is 6.37. The highest BCUT2D eigenvalue weighted by Crippen LogP contribution is 2.07. The van der Waals surface area contributed by atoms with Gasteiger partial charge in [-0.25, -0.2) is 9.59 Å². The number of nitrogens with one attached hydrogen (secondary N) is 1. The summed E-state index contributed by atoms with van der Waals surface area (Å²) in [5.41, 5.74) is 4.97. The van der Waals surface area contributed by atoms with Gasteiger partial charge in [0.15, 0.2) is 0 Å². The predicted octanol–water partition coefficient (Wildman–Crippen LogP) is 0.535. The molecule has 0 radical (unpaired) electrons. The van der Waals surface area contributed by atoms with Crippen LogP contribution in [-0.2, 0) is 9.59 Å². The van der Waals surface area contributed by atoms with E-state index in [4.69, 9.17) is 10.8 Å². The minimum absolute atomic E-state index is 0.00678. The topological polar surface area (TPSA) is 113 Å². The number of aliphatic carboxylic acids is 1. The molecule has 0 saturated heterocycles. The van der Waals surface area contributed by atoms with Crippen molar-refractivity contribution in [2.24, 2.45) is 5.73 Å². The summed E-state index contributed by atoms with van der Waals surface area (Å²) in [5, 5.41) is 11.4. The quantitative estimate of drug-likeness (QED) is 0.598. The molecule has 0 aromatic carbocycles. The lowest BCUT2D eigenvalue weighted by Gasteiger charge is -2.28. The predicted molar refractivity (Wildman–Crippen MR) is 70.5 cm³/mol. The van der Waals surface area contributed by atoms with E-state index in [0.29, 0.717) is 0 Å². The van der Waals surface area contributed by atoms with Crippen LogP contribution in [0.25, 0.3) is 0 Å². The number of carboxylic acid groups (broad SMARTS) is 1. The third-order valence-corrected chi connectivity index (χ3v) is 3.09. The molecule has 3 amide bonds. The average Bonchev–Trinajstić information content (AvgIpc) is 2.34. The van der Waals surface area contributed by atoms with Gasteiger partial charge in [0.1, 0.15) is 6.04 Å². The highest BCUT2D eigenvalue weighted by atomic mass is 16.4. The lowest BCUT2D eigenvalue weighted by molar-refractivity contribution is -0.139. The standard InChI is InChI=1S/C12H23N3O4/c1-4-8(5-2)15(3)12(19)14-9(11(17)18)6-7-10(13)16/h8-9H,4-7H2,1-3H3,(H2,13,16)(H,14,19)(H,17,18)/t9-/m1/s1. The van der Waals surface area contributed by atoms with Crippen LogP contribution < -0.4 is 11.1 Å². The van der Waals surface area contributed by atoms with E-state index in [9.17, 15) is 14.4 Å². The molecule has 0 rings (SSSR count). The number of rotatable bonds is 8. The van der Waals surface area contributed by atoms with Crippen LogP contribution in [-0.4, -0.2) is 47.0 Å². The summed E-state index contributed by atoms with van der Waals surface area (Å²) in [5.74, 6) is -1.76. The second-order valence-corrected chi connectivity index (χ2v) is 4.43. The highest BCUT2D eigenvalue weighted by molar-refractivity contribution is 5.83. The molecule has 7 nitrogen and oxygen atoms in total. The maximum Gasteiger partial charge on any atom is 0.326 e. The number of nitrogens with two attached hydrogens (primary N) is 1. The van der Waals surface area contributed by atoms with Crippen molar-refractivity contribution in [3.05, 3.63) is 0 Å². The summed E-state index contributed by atoms with van der Waals surface area (Å²) in [6.07, 6.45) is 1.50. The molecule has 0 fully saturated rings. The molecule has 0 bridgehead atoms. The minimum atomic E-state index is -1.17. The summed E-state index contributed by atoms with van der Waals surface area (Å²) >= 11 is 0. The van der Waals surface area contributed by atoms with Gasteiger partial charge in [-0.1, -0.05) is 13.8 Å². The van der Waals surface area contributed by atoms with Crippen LogP contribution >= 0.6 is 0 Å². The van der Waals surface area contributed by atoms with E-state index in [-0.39, 0.29) is 18.9 Å². The molecule has 110 valence electrons. The van der Waals surface area contributed by atoms with Crippen LogP contribution in [0.3, 0.4) is 0 Å². The monoisotopic (exact) mass is 273 g/mol. The number of primary amides is 1. The molecule has 0 aliphatic heterocycles. The third kappa shape index (κ3) is 6.08. The van der Waals surface area contributed by atoms with Crippen LogP contribution in [0.2, 0.25) is 0 Å². The van der Waals surface area contributed by atoms with Gasteiger partial charge in [-0.15, -0.1) is 0 Å². The number of nitrogens with zero attached hydrogens (tertiary/aromatic N) is 1. The van der Waals surface area contributed by atoms with E-state index in [1.165, 1.54) is 4.90 Å². The fraction of sp³-hybridized carbons (Fsp3) is 0.750. The molecule has 1 atom stereocenters. The van der Waals surface area contributed by atoms with Crippen molar-refractivity contribution in [3.63, 3.8) is 0 Å². The summed E-state index contributed by atoms with van der Waals surface area (Å²) < 4.78 is 0. The van der Waals surface area contributed by atoms with Gasteiger partial charge in [-0.05, 0) is 19.3 Å². The summed E-state index contributed by atoms with van der Waals surface area (Å²) in [7, 11) is 1.62. The van der Waals surface area contributed by atoms with Crippen LogP contribution in [0.1, 0.15) is 39.5 Å². The molecule has 0 aliphatic carbocycles. The second kappa shape index (κ2) is 8.34. The van der Waals surface area contributed by atoms with E-state index in [1.807, 2.05) is 13.8 Å². The molecule has 0 spiro atoms. The average molecular weight is 273 g/mol. The van der Waals surface area contributed by atoms with E-state index >= 15 is 0 Å². The van der Waals surface area contributed by atoms with E-state index in [0.717, 1.165) is 12.8 Å². The zero-order valence-corrected chi connectivity index (χ0v) is 11.7. The zero-order valence-electron chi connectivity index (χ0n) is 11.7. The van der Waals surface area contributed by atoms with E-state index in [2.05, 4.69) is 5.32 Å². The molecule has 0 aromatic rings. The number of hydrogen-bond acceptors (Lipinski definition) is 3. The van der Waals surface area contributed by atoms with Gasteiger partial charge in [0.05, 0.1) is 0 Å². The molecule has 0 unspecified atom stereocenters. The summed E-state index contributed by atoms with van der Waals surface area (Å²) in [6, 6.07) is -1.49. The van der Waals surface area contributed by atoms with Gasteiger partial charge in [0, 0.05) is 19.5 Å². The van der Waals surface area contributed by atoms with Crippen LogP contribution in [0.15, 0.2) is 0 Å². The van der Waals surface area contributed by atoms with Crippen LogP contribution in [0.4, 0.5) is 4.79 Å². The van der Waals surface area contributed by atoms with Crippen molar-refractivity contribution in [1.82, 2.24) is 10.2 Å². The maximum atomic E-state index is 11.9. The maximum absolute atomic E-state index is 11.9. The Kier molecular flexibility index (Phi) is 7.55. The first-order chi connectivity index (χ1) is 8.83. The normalized spacial score (nSPS) is 12.0. The van der Waals surface area contributed by atoms with Gasteiger partial charge >= 0.3 is 12.0 Å². The smallest absolute Gasteiger partial charge is 0.326 e. The summed E-state index contributed by atoms with van der Waals surface area (Å²) in [4.78, 5) is 35.0. The van der Waals surface area contributed by atoms with Crippen molar-refractivity contribution in [1.29, 1.82) is 0 Å². The van der Waals surface area contributed by atoms with Gasteiger partial charge in [0.25, 0.3) is 0 Å². The fourth-order valence-corrected chi connectivity index (χ4v) is 1.80. The lowest BCUT2D eigenvalue weighted by Crippen LogP contribution is -2.49. The Morgan fingerprint density at radius 2 is 1.79 bits per heavy atom. The molecule has 0 saturated carbocycles. The zero-order chi connectivity index (χ0) is 15.0.